The van der Waals surface area contributed by atoms with Crippen LogP contribution in [0.3, 0.4) is 0 Å². The smallest absolute Gasteiger partial charge is 0.416 e. The highest BCUT2D eigenvalue weighted by molar-refractivity contribution is 6.04. The first-order valence-electron chi connectivity index (χ1n) is 8.40. The Morgan fingerprint density at radius 3 is 2.25 bits per heavy atom. The number of nitrogens with one attached hydrogen (secondary N) is 1. The van der Waals surface area contributed by atoms with Crippen LogP contribution in [0.2, 0.25) is 0 Å². The van der Waals surface area contributed by atoms with E-state index in [1.54, 1.807) is 13.0 Å². The van der Waals surface area contributed by atoms with Gasteiger partial charge in [0.05, 0.1) is 18.8 Å². The summed E-state index contributed by atoms with van der Waals surface area (Å²) in [4.78, 5) is 12.5. The van der Waals surface area contributed by atoms with Crippen molar-refractivity contribution in [1.29, 1.82) is 0 Å². The number of amides is 1. The summed E-state index contributed by atoms with van der Waals surface area (Å²) in [6, 6.07) is 7.82. The highest BCUT2D eigenvalue weighted by atomic mass is 35.5. The van der Waals surface area contributed by atoms with Crippen LogP contribution in [-0.2, 0) is 12.7 Å². The van der Waals surface area contributed by atoms with E-state index >= 15 is 0 Å². The molecule has 0 bridgehead atoms. The summed E-state index contributed by atoms with van der Waals surface area (Å²) >= 11 is 0. The zero-order valence-corrected chi connectivity index (χ0v) is 16.2. The second kappa shape index (κ2) is 10.2. The van der Waals surface area contributed by atoms with Crippen LogP contribution in [0.25, 0.3) is 0 Å². The van der Waals surface area contributed by atoms with E-state index in [2.05, 4.69) is 5.32 Å². The predicted molar refractivity (Wildman–Crippen MR) is 103 cm³/mol. The number of benzene rings is 2. The van der Waals surface area contributed by atoms with Gasteiger partial charge in [-0.3, -0.25) is 4.79 Å². The third-order valence-corrected chi connectivity index (χ3v) is 3.62. The van der Waals surface area contributed by atoms with E-state index < -0.39 is 17.6 Å². The van der Waals surface area contributed by atoms with Gasteiger partial charge in [-0.2, -0.15) is 13.2 Å². The molecule has 0 saturated carbocycles. The number of carbonyl (C=O) groups is 1. The molecule has 0 aliphatic rings. The fraction of sp³-hybridized carbons (Fsp3) is 0.316. The first kappa shape index (κ1) is 23.6. The summed E-state index contributed by atoms with van der Waals surface area (Å²) in [5.74, 6) is 0.306. The third kappa shape index (κ3) is 6.03. The Hall–Kier alpha value is -2.45. The number of anilines is 1. The lowest BCUT2D eigenvalue weighted by molar-refractivity contribution is -0.137. The molecule has 2 aromatic carbocycles. The SMILES string of the molecule is CCOc1ccc(C(=O)Nc2cc(CN)cc(C(F)(F)F)c2)cc1OCC.Cl. The van der Waals surface area contributed by atoms with Crippen LogP contribution in [0.5, 0.6) is 11.5 Å². The molecule has 0 radical (unpaired) electrons. The zero-order valence-electron chi connectivity index (χ0n) is 15.4. The zero-order chi connectivity index (χ0) is 20.0. The molecule has 2 aromatic rings. The number of hydrogen-bond acceptors (Lipinski definition) is 4. The Bertz CT molecular complexity index is 813. The van der Waals surface area contributed by atoms with E-state index in [4.69, 9.17) is 15.2 Å². The topological polar surface area (TPSA) is 73.6 Å². The summed E-state index contributed by atoms with van der Waals surface area (Å²) < 4.78 is 49.9. The Labute approximate surface area is 167 Å². The molecule has 0 heterocycles. The quantitative estimate of drug-likeness (QED) is 0.687. The summed E-state index contributed by atoms with van der Waals surface area (Å²) in [6.07, 6.45) is -4.54. The van der Waals surface area contributed by atoms with Crippen molar-refractivity contribution < 1.29 is 27.4 Å². The fourth-order valence-corrected chi connectivity index (χ4v) is 2.44. The predicted octanol–water partition coefficient (Wildman–Crippen LogP) is 4.64. The van der Waals surface area contributed by atoms with Crippen LogP contribution in [0, 0.1) is 0 Å². The number of hydrogen-bond donors (Lipinski definition) is 2. The van der Waals surface area contributed by atoms with Gasteiger partial charge in [-0.25, -0.2) is 0 Å². The number of rotatable bonds is 7. The van der Waals surface area contributed by atoms with E-state index in [0.717, 1.165) is 12.1 Å². The van der Waals surface area contributed by atoms with Crippen LogP contribution in [0.1, 0.15) is 35.3 Å². The second-order valence-electron chi connectivity index (χ2n) is 5.60. The molecule has 0 atom stereocenters. The van der Waals surface area contributed by atoms with E-state index in [1.165, 1.54) is 18.2 Å². The Balaban J connectivity index is 0.00000392. The van der Waals surface area contributed by atoms with Crippen molar-refractivity contribution in [2.45, 2.75) is 26.6 Å². The monoisotopic (exact) mass is 418 g/mol. The standard InChI is InChI=1S/C19H21F3N2O3.ClH/c1-3-26-16-6-5-13(9-17(16)27-4-2)18(25)24-15-8-12(11-23)7-14(10-15)19(20,21)22;/h5-10H,3-4,11,23H2,1-2H3,(H,24,25);1H. The van der Waals surface area contributed by atoms with Crippen molar-refractivity contribution >= 4 is 24.0 Å². The van der Waals surface area contributed by atoms with E-state index in [9.17, 15) is 18.0 Å². The molecule has 2 rings (SSSR count). The van der Waals surface area contributed by atoms with Gasteiger partial charge in [0.1, 0.15) is 0 Å². The highest BCUT2D eigenvalue weighted by Gasteiger charge is 2.31. The van der Waals surface area contributed by atoms with Crippen LogP contribution in [0.15, 0.2) is 36.4 Å². The molecule has 0 aliphatic heterocycles. The van der Waals surface area contributed by atoms with Gasteiger partial charge in [0, 0.05) is 17.8 Å². The number of ether oxygens (including phenoxy) is 2. The molecule has 0 aliphatic carbocycles. The van der Waals surface area contributed by atoms with Gasteiger partial charge < -0.3 is 20.5 Å². The summed E-state index contributed by atoms with van der Waals surface area (Å²) in [7, 11) is 0. The molecule has 9 heteroatoms. The average Bonchev–Trinajstić information content (AvgIpc) is 2.62. The minimum atomic E-state index is -4.54. The lowest BCUT2D eigenvalue weighted by atomic mass is 10.1. The molecular formula is C19H22ClF3N2O3. The number of alkyl halides is 3. The van der Waals surface area contributed by atoms with E-state index in [0.29, 0.717) is 24.7 Å². The van der Waals surface area contributed by atoms with Crippen molar-refractivity contribution in [3.8, 4) is 11.5 Å². The number of carbonyl (C=O) groups excluding carboxylic acids is 1. The van der Waals surface area contributed by atoms with Crippen molar-refractivity contribution in [3.05, 3.63) is 53.1 Å². The van der Waals surface area contributed by atoms with Gasteiger partial charge in [-0.05, 0) is 55.8 Å². The molecule has 3 N–H and O–H groups in total. The van der Waals surface area contributed by atoms with Gasteiger partial charge in [0.2, 0.25) is 0 Å². The summed E-state index contributed by atoms with van der Waals surface area (Å²) in [5.41, 5.74) is 5.10. The first-order chi connectivity index (χ1) is 12.8. The largest absolute Gasteiger partial charge is 0.490 e. The third-order valence-electron chi connectivity index (χ3n) is 3.62. The second-order valence-corrected chi connectivity index (χ2v) is 5.60. The molecule has 0 spiro atoms. The van der Waals surface area contributed by atoms with Gasteiger partial charge in [-0.1, -0.05) is 0 Å². The Kier molecular flexibility index (Phi) is 8.59. The molecule has 0 aromatic heterocycles. The highest BCUT2D eigenvalue weighted by Crippen LogP contribution is 2.33. The average molecular weight is 419 g/mol. The van der Waals surface area contributed by atoms with Crippen LogP contribution < -0.4 is 20.5 Å². The fourth-order valence-electron chi connectivity index (χ4n) is 2.44. The lowest BCUT2D eigenvalue weighted by Gasteiger charge is -2.14. The summed E-state index contributed by atoms with van der Waals surface area (Å²) in [5, 5.41) is 2.48. The van der Waals surface area contributed by atoms with Crippen molar-refractivity contribution in [3.63, 3.8) is 0 Å². The lowest BCUT2D eigenvalue weighted by Crippen LogP contribution is -2.14. The van der Waals surface area contributed by atoms with Crippen molar-refractivity contribution in [1.82, 2.24) is 0 Å². The van der Waals surface area contributed by atoms with Crippen molar-refractivity contribution in [2.24, 2.45) is 5.73 Å². The van der Waals surface area contributed by atoms with E-state index in [-0.39, 0.29) is 35.8 Å². The molecule has 154 valence electrons. The molecular weight excluding hydrogens is 397 g/mol. The van der Waals surface area contributed by atoms with Crippen molar-refractivity contribution in [2.75, 3.05) is 18.5 Å². The molecule has 5 nitrogen and oxygen atoms in total. The van der Waals surface area contributed by atoms with Gasteiger partial charge in [0.25, 0.3) is 5.91 Å². The maximum Gasteiger partial charge on any atom is 0.416 e. The minimum Gasteiger partial charge on any atom is -0.490 e. The van der Waals surface area contributed by atoms with Gasteiger partial charge in [-0.15, -0.1) is 12.4 Å². The van der Waals surface area contributed by atoms with E-state index in [1.807, 2.05) is 6.92 Å². The Morgan fingerprint density at radius 2 is 1.68 bits per heavy atom. The maximum absolute atomic E-state index is 13.0. The summed E-state index contributed by atoms with van der Waals surface area (Å²) in [6.45, 7) is 4.33. The van der Waals surface area contributed by atoms with Crippen LogP contribution >= 0.6 is 12.4 Å². The van der Waals surface area contributed by atoms with Crippen LogP contribution in [-0.4, -0.2) is 19.1 Å². The normalized spacial score (nSPS) is 10.8. The minimum absolute atomic E-state index is 0. The van der Waals surface area contributed by atoms with Crippen LogP contribution in [0.4, 0.5) is 18.9 Å². The first-order valence-corrected chi connectivity index (χ1v) is 8.40. The van der Waals surface area contributed by atoms with Gasteiger partial charge in [0.15, 0.2) is 11.5 Å². The van der Waals surface area contributed by atoms with Gasteiger partial charge >= 0.3 is 6.18 Å². The molecule has 0 fully saturated rings. The Morgan fingerprint density at radius 1 is 1.04 bits per heavy atom. The molecule has 28 heavy (non-hydrogen) atoms. The molecule has 0 unspecified atom stereocenters. The number of halogens is 4. The number of nitrogens with two attached hydrogens (primary N) is 1. The molecule has 0 saturated heterocycles. The maximum atomic E-state index is 13.0. The molecule has 1 amide bonds.